The quantitative estimate of drug-likeness (QED) is 0.0262. The average molecular weight is 964 g/mol. The number of unbranched alkanes of at least 4 members (excludes halogenated alkanes) is 42. The smallest absolute Gasteiger partial charge is 0.305 e. The molecular weight excluding hydrogens is 843 g/mol. The first-order valence-corrected chi connectivity index (χ1v) is 30.7. The van der Waals surface area contributed by atoms with Crippen LogP contribution in [0, 0.1) is 0 Å². The second-order valence-corrected chi connectivity index (χ2v) is 21.6. The van der Waals surface area contributed by atoms with E-state index in [1.165, 1.54) is 250 Å². The third-order valence-electron chi connectivity index (χ3n) is 14.6. The summed E-state index contributed by atoms with van der Waals surface area (Å²) in [6.07, 6.45) is 60.1. The highest BCUT2D eigenvalue weighted by atomic mass is 16.5. The molecule has 0 aromatic heterocycles. The van der Waals surface area contributed by atoms with E-state index in [9.17, 15) is 14.4 Å². The number of hydrogen-bond donors (Lipinski definition) is 0. The van der Waals surface area contributed by atoms with Crippen LogP contribution in [0.4, 0.5) is 0 Å². The van der Waals surface area contributed by atoms with Gasteiger partial charge in [0, 0.05) is 19.3 Å². The molecule has 0 unspecified atom stereocenters. The fourth-order valence-corrected chi connectivity index (χ4v) is 9.61. The summed E-state index contributed by atoms with van der Waals surface area (Å²) in [6, 6.07) is 0. The molecule has 7 heteroatoms. The van der Waals surface area contributed by atoms with Gasteiger partial charge >= 0.3 is 17.9 Å². The topological polar surface area (TPSA) is 78.9 Å². The SMILES string of the molecule is CCCCCCCCCCCCCCCCCC(=O)OCC[N+](C)(CCOC(=O)CCCCCCCCCCCCCCCCC)CCOC(=O)CCCCCCCCCCCCCCCCC. The van der Waals surface area contributed by atoms with Crippen molar-refractivity contribution in [2.75, 3.05) is 46.5 Å². The zero-order chi connectivity index (χ0) is 49.5. The second kappa shape index (κ2) is 54.7. The number of rotatable bonds is 57. The van der Waals surface area contributed by atoms with Crippen molar-refractivity contribution in [1.82, 2.24) is 0 Å². The summed E-state index contributed by atoms with van der Waals surface area (Å²) in [4.78, 5) is 38.0. The van der Waals surface area contributed by atoms with Crippen LogP contribution in [-0.2, 0) is 28.6 Å². The number of hydrogen-bond acceptors (Lipinski definition) is 6. The van der Waals surface area contributed by atoms with E-state index in [2.05, 4.69) is 27.8 Å². The summed E-state index contributed by atoms with van der Waals surface area (Å²) in [5, 5.41) is 0. The fourth-order valence-electron chi connectivity index (χ4n) is 9.61. The Kier molecular flexibility index (Phi) is 53.4. The molecule has 0 aliphatic rings. The molecular formula is C61H120NO6+. The molecule has 0 bridgehead atoms. The lowest BCUT2D eigenvalue weighted by Gasteiger charge is -2.34. The normalized spacial score (nSPS) is 11.6. The molecule has 0 amide bonds. The van der Waals surface area contributed by atoms with Crippen LogP contribution in [0.3, 0.4) is 0 Å². The van der Waals surface area contributed by atoms with Gasteiger partial charge in [0.2, 0.25) is 0 Å². The number of carbonyl (C=O) groups is 3. The number of quaternary nitrogens is 1. The van der Waals surface area contributed by atoms with E-state index in [1.54, 1.807) is 0 Å². The average Bonchev–Trinajstić information content (AvgIpc) is 3.32. The van der Waals surface area contributed by atoms with Crippen LogP contribution < -0.4 is 0 Å². The van der Waals surface area contributed by atoms with Crippen LogP contribution in [-0.4, -0.2) is 68.9 Å². The van der Waals surface area contributed by atoms with Gasteiger partial charge in [0.05, 0.1) is 7.05 Å². The largest absolute Gasteiger partial charge is 0.460 e. The van der Waals surface area contributed by atoms with Crippen LogP contribution >= 0.6 is 0 Å². The maximum atomic E-state index is 12.7. The predicted octanol–water partition coefficient (Wildman–Crippen LogP) is 18.8. The lowest BCUT2D eigenvalue weighted by molar-refractivity contribution is -0.910. The zero-order valence-electron chi connectivity index (χ0n) is 46.6. The van der Waals surface area contributed by atoms with E-state index in [0.29, 0.717) is 63.2 Å². The number of nitrogens with zero attached hydrogens (tertiary/aromatic N) is 1. The highest BCUT2D eigenvalue weighted by Crippen LogP contribution is 2.17. The molecule has 0 aliphatic heterocycles. The van der Waals surface area contributed by atoms with Crippen LogP contribution in [0.2, 0.25) is 0 Å². The fraction of sp³-hybridized carbons (Fsp3) is 0.951. The Morgan fingerprint density at radius 2 is 0.397 bits per heavy atom. The summed E-state index contributed by atoms with van der Waals surface area (Å²) in [6.45, 7) is 9.57. The Morgan fingerprint density at radius 3 is 0.559 bits per heavy atom. The molecule has 0 aliphatic carbocycles. The van der Waals surface area contributed by atoms with Gasteiger partial charge in [-0.25, -0.2) is 0 Å². The van der Waals surface area contributed by atoms with Gasteiger partial charge in [-0.15, -0.1) is 0 Å². The Labute approximate surface area is 424 Å². The molecule has 0 radical (unpaired) electrons. The minimum atomic E-state index is -0.129. The van der Waals surface area contributed by atoms with Crippen LogP contribution in [0.25, 0.3) is 0 Å². The van der Waals surface area contributed by atoms with Crippen molar-refractivity contribution in [2.45, 2.75) is 329 Å². The van der Waals surface area contributed by atoms with Gasteiger partial charge in [-0.05, 0) is 19.3 Å². The molecule has 0 spiro atoms. The number of carbonyl (C=O) groups excluding carboxylic acids is 3. The standard InChI is InChI=1S/C61H120NO6/c1-5-8-11-14-17-20-23-26-29-32-35-38-41-44-47-50-59(63)66-56-53-62(4,54-57-67-60(64)51-48-45-42-39-36-33-30-27-24-21-18-15-12-9-6-2)55-58-68-61(65)52-49-46-43-40-37-34-31-28-25-22-19-16-13-10-7-3/h5-58H2,1-4H3/q+1. The Bertz CT molecular complexity index is 923. The van der Waals surface area contributed by atoms with Gasteiger partial charge in [-0.3, -0.25) is 14.4 Å². The van der Waals surface area contributed by atoms with E-state index < -0.39 is 0 Å². The van der Waals surface area contributed by atoms with E-state index in [-0.39, 0.29) is 17.9 Å². The third-order valence-corrected chi connectivity index (χ3v) is 14.6. The molecule has 404 valence electrons. The zero-order valence-corrected chi connectivity index (χ0v) is 46.6. The maximum Gasteiger partial charge on any atom is 0.305 e. The molecule has 7 nitrogen and oxygen atoms in total. The predicted molar refractivity (Wildman–Crippen MR) is 292 cm³/mol. The molecule has 0 N–H and O–H groups in total. The van der Waals surface area contributed by atoms with Crippen molar-refractivity contribution in [3.63, 3.8) is 0 Å². The molecule has 0 fully saturated rings. The van der Waals surface area contributed by atoms with Gasteiger partial charge in [-0.2, -0.15) is 0 Å². The summed E-state index contributed by atoms with van der Waals surface area (Å²) in [7, 11) is 2.09. The first kappa shape index (κ1) is 66.4. The van der Waals surface area contributed by atoms with Crippen LogP contribution in [0.1, 0.15) is 329 Å². The first-order chi connectivity index (χ1) is 33.4. The van der Waals surface area contributed by atoms with E-state index in [0.717, 1.165) is 38.5 Å². The highest BCUT2D eigenvalue weighted by Gasteiger charge is 2.24. The van der Waals surface area contributed by atoms with Gasteiger partial charge < -0.3 is 18.7 Å². The van der Waals surface area contributed by atoms with Crippen molar-refractivity contribution in [3.05, 3.63) is 0 Å². The van der Waals surface area contributed by atoms with Gasteiger partial charge in [0.1, 0.15) is 39.5 Å². The third kappa shape index (κ3) is 52.2. The van der Waals surface area contributed by atoms with Crippen molar-refractivity contribution in [2.24, 2.45) is 0 Å². The Hall–Kier alpha value is -1.63. The number of likely N-dealkylation sites (N-methyl/N-ethyl adjacent to an activating group) is 1. The summed E-state index contributed by atoms with van der Waals surface area (Å²) < 4.78 is 17.7. The highest BCUT2D eigenvalue weighted by molar-refractivity contribution is 5.69. The molecule has 68 heavy (non-hydrogen) atoms. The van der Waals surface area contributed by atoms with Gasteiger partial charge in [0.25, 0.3) is 0 Å². The number of ether oxygens (including phenoxy) is 3. The summed E-state index contributed by atoms with van der Waals surface area (Å²) in [5.74, 6) is -0.386. The van der Waals surface area contributed by atoms with E-state index in [1.807, 2.05) is 0 Å². The van der Waals surface area contributed by atoms with Gasteiger partial charge in [-0.1, -0.05) is 290 Å². The van der Waals surface area contributed by atoms with E-state index in [4.69, 9.17) is 14.2 Å². The Balaban J connectivity index is 4.38. The summed E-state index contributed by atoms with van der Waals surface area (Å²) >= 11 is 0. The Morgan fingerprint density at radius 1 is 0.250 bits per heavy atom. The lowest BCUT2D eigenvalue weighted by Crippen LogP contribution is -2.51. The molecule has 0 aromatic carbocycles. The maximum absolute atomic E-state index is 12.7. The molecule has 0 rings (SSSR count). The first-order valence-electron chi connectivity index (χ1n) is 30.7. The van der Waals surface area contributed by atoms with Crippen molar-refractivity contribution in [3.8, 4) is 0 Å². The van der Waals surface area contributed by atoms with Crippen molar-refractivity contribution in [1.29, 1.82) is 0 Å². The minimum Gasteiger partial charge on any atom is -0.460 e. The van der Waals surface area contributed by atoms with Crippen LogP contribution in [0.5, 0.6) is 0 Å². The minimum absolute atomic E-state index is 0.129. The van der Waals surface area contributed by atoms with Crippen molar-refractivity contribution >= 4 is 17.9 Å². The monoisotopic (exact) mass is 963 g/mol. The molecule has 0 heterocycles. The number of esters is 3. The molecule has 0 atom stereocenters. The molecule has 0 saturated heterocycles. The van der Waals surface area contributed by atoms with Crippen molar-refractivity contribution < 1.29 is 33.1 Å². The van der Waals surface area contributed by atoms with Gasteiger partial charge in [0.15, 0.2) is 0 Å². The lowest BCUT2D eigenvalue weighted by atomic mass is 10.0. The van der Waals surface area contributed by atoms with Crippen LogP contribution in [0.15, 0.2) is 0 Å². The second-order valence-electron chi connectivity index (χ2n) is 21.6. The molecule has 0 aromatic rings. The summed E-state index contributed by atoms with van der Waals surface area (Å²) in [5.41, 5.74) is 0. The molecule has 0 saturated carbocycles. The van der Waals surface area contributed by atoms with E-state index >= 15 is 0 Å².